The first-order valence-corrected chi connectivity index (χ1v) is 5.87. The summed E-state index contributed by atoms with van der Waals surface area (Å²) in [4.78, 5) is 4.26. The van der Waals surface area contributed by atoms with Gasteiger partial charge in [0.2, 0.25) is 0 Å². The molecule has 1 heterocycles. The number of rotatable bonds is 1. The molecule has 2 aromatic rings. The van der Waals surface area contributed by atoms with Crippen molar-refractivity contribution in [2.75, 3.05) is 13.1 Å². The smallest absolute Gasteiger partial charge is 0.0562 e. The van der Waals surface area contributed by atoms with E-state index in [1.165, 1.54) is 16.3 Å². The second-order valence-corrected chi connectivity index (χ2v) is 4.09. The van der Waals surface area contributed by atoms with E-state index in [9.17, 15) is 0 Å². The van der Waals surface area contributed by atoms with Crippen LogP contribution in [0.4, 0.5) is 0 Å². The van der Waals surface area contributed by atoms with Crippen molar-refractivity contribution in [3.8, 4) is 0 Å². The van der Waals surface area contributed by atoms with Crippen LogP contribution in [0.5, 0.6) is 0 Å². The van der Waals surface area contributed by atoms with Crippen molar-refractivity contribution in [1.29, 1.82) is 0 Å². The summed E-state index contributed by atoms with van der Waals surface area (Å²) in [5.74, 6) is 0. The molecule has 0 saturated heterocycles. The van der Waals surface area contributed by atoms with Crippen LogP contribution in [-0.4, -0.2) is 19.3 Å². The normalized spacial score (nSPS) is 15.2. The molecule has 0 atom stereocenters. The van der Waals surface area contributed by atoms with Gasteiger partial charge in [-0.15, -0.1) is 0 Å². The van der Waals surface area contributed by atoms with Crippen molar-refractivity contribution >= 4 is 22.7 Å². The van der Waals surface area contributed by atoms with Gasteiger partial charge >= 0.3 is 0 Å². The van der Waals surface area contributed by atoms with Crippen molar-refractivity contribution in [3.05, 3.63) is 54.1 Å². The molecule has 0 amide bonds. The summed E-state index contributed by atoms with van der Waals surface area (Å²) in [5.41, 5.74) is 2.40. The maximum Gasteiger partial charge on any atom is 0.0562 e. The summed E-state index contributed by atoms with van der Waals surface area (Å²) in [6, 6.07) is 14.9. The standard InChI is InChI=1S/C15H14N2/c1-2-6-13-12(4-1)5-3-7-14(13)15-8-9-16-10-11-17-15/h1-9,17H,10-11H2. The fourth-order valence-electron chi connectivity index (χ4n) is 2.16. The Kier molecular flexibility index (Phi) is 2.62. The van der Waals surface area contributed by atoms with Crippen molar-refractivity contribution in [3.63, 3.8) is 0 Å². The summed E-state index contributed by atoms with van der Waals surface area (Å²) in [6.07, 6.45) is 3.94. The maximum atomic E-state index is 4.26. The first-order valence-electron chi connectivity index (χ1n) is 5.87. The third kappa shape index (κ3) is 1.94. The molecule has 0 aliphatic carbocycles. The maximum absolute atomic E-state index is 4.26. The highest BCUT2D eigenvalue weighted by molar-refractivity contribution is 5.96. The average Bonchev–Trinajstić information content (AvgIpc) is 2.67. The zero-order chi connectivity index (χ0) is 11.5. The molecule has 84 valence electrons. The minimum atomic E-state index is 0.838. The fraction of sp³-hybridized carbons (Fsp3) is 0.133. The van der Waals surface area contributed by atoms with Crippen LogP contribution in [-0.2, 0) is 0 Å². The highest BCUT2D eigenvalue weighted by atomic mass is 14.9. The minimum Gasteiger partial charge on any atom is -0.383 e. The van der Waals surface area contributed by atoms with E-state index in [4.69, 9.17) is 0 Å². The van der Waals surface area contributed by atoms with Gasteiger partial charge in [0.25, 0.3) is 0 Å². The molecule has 2 nitrogen and oxygen atoms in total. The molecule has 0 bridgehead atoms. The predicted octanol–water partition coefficient (Wildman–Crippen LogP) is 2.85. The molecule has 0 fully saturated rings. The van der Waals surface area contributed by atoms with Gasteiger partial charge in [-0.05, 0) is 16.8 Å². The number of nitrogens with zero attached hydrogens (tertiary/aromatic N) is 1. The SMILES string of the molecule is C1=NCCNC(c2cccc3ccccc23)=C1. The Morgan fingerprint density at radius 3 is 2.88 bits per heavy atom. The molecule has 1 N–H and O–H groups in total. The molecule has 0 unspecified atom stereocenters. The second-order valence-electron chi connectivity index (χ2n) is 4.09. The van der Waals surface area contributed by atoms with E-state index in [1.807, 2.05) is 6.21 Å². The summed E-state index contributed by atoms with van der Waals surface area (Å²) >= 11 is 0. The summed E-state index contributed by atoms with van der Waals surface area (Å²) < 4.78 is 0. The van der Waals surface area contributed by atoms with E-state index in [1.54, 1.807) is 0 Å². The summed E-state index contributed by atoms with van der Waals surface area (Å²) in [6.45, 7) is 1.73. The van der Waals surface area contributed by atoms with Crippen molar-refractivity contribution < 1.29 is 0 Å². The Morgan fingerprint density at radius 1 is 1.00 bits per heavy atom. The fourth-order valence-corrected chi connectivity index (χ4v) is 2.16. The monoisotopic (exact) mass is 222 g/mol. The van der Waals surface area contributed by atoms with Gasteiger partial charge in [-0.25, -0.2) is 0 Å². The Hall–Kier alpha value is -2.09. The molecular formula is C15H14N2. The zero-order valence-electron chi connectivity index (χ0n) is 9.56. The molecule has 1 aliphatic rings. The first kappa shape index (κ1) is 10.1. The molecule has 0 saturated carbocycles. The lowest BCUT2D eigenvalue weighted by Gasteiger charge is -2.11. The van der Waals surface area contributed by atoms with Crippen LogP contribution in [0.2, 0.25) is 0 Å². The molecule has 17 heavy (non-hydrogen) atoms. The highest BCUT2D eigenvalue weighted by Crippen LogP contribution is 2.23. The van der Waals surface area contributed by atoms with Crippen LogP contribution < -0.4 is 5.32 Å². The number of hydrogen-bond donors (Lipinski definition) is 1. The van der Waals surface area contributed by atoms with E-state index in [0.717, 1.165) is 18.8 Å². The highest BCUT2D eigenvalue weighted by Gasteiger charge is 2.06. The van der Waals surface area contributed by atoms with Crippen molar-refractivity contribution in [2.24, 2.45) is 4.99 Å². The number of fused-ring (bicyclic) bond motifs is 1. The lowest BCUT2D eigenvalue weighted by atomic mass is 10.0. The Bertz CT molecular complexity index is 591. The molecule has 0 radical (unpaired) electrons. The molecule has 1 aliphatic heterocycles. The largest absolute Gasteiger partial charge is 0.383 e. The molecule has 3 rings (SSSR count). The third-order valence-corrected chi connectivity index (χ3v) is 2.98. The molecule has 0 spiro atoms. The lowest BCUT2D eigenvalue weighted by Crippen LogP contribution is -2.14. The van der Waals surface area contributed by atoms with Gasteiger partial charge in [-0.1, -0.05) is 42.5 Å². The van der Waals surface area contributed by atoms with Crippen LogP contribution in [0, 0.1) is 0 Å². The lowest BCUT2D eigenvalue weighted by molar-refractivity contribution is 0.869. The zero-order valence-corrected chi connectivity index (χ0v) is 9.56. The van der Waals surface area contributed by atoms with Gasteiger partial charge in [0.05, 0.1) is 6.54 Å². The van der Waals surface area contributed by atoms with Crippen molar-refractivity contribution in [2.45, 2.75) is 0 Å². The quantitative estimate of drug-likeness (QED) is 0.788. The first-order chi connectivity index (χ1) is 8.45. The van der Waals surface area contributed by atoms with Gasteiger partial charge < -0.3 is 5.32 Å². The Balaban J connectivity index is 2.17. The molecule has 0 aromatic heterocycles. The number of nitrogens with one attached hydrogen (secondary N) is 1. The van der Waals surface area contributed by atoms with Crippen LogP contribution in [0.15, 0.2) is 53.5 Å². The van der Waals surface area contributed by atoms with E-state index < -0.39 is 0 Å². The van der Waals surface area contributed by atoms with E-state index >= 15 is 0 Å². The van der Waals surface area contributed by atoms with Crippen molar-refractivity contribution in [1.82, 2.24) is 5.32 Å². The summed E-state index contributed by atoms with van der Waals surface area (Å²) in [5, 5.41) is 5.98. The number of allylic oxidation sites excluding steroid dienone is 1. The van der Waals surface area contributed by atoms with Crippen LogP contribution in [0.1, 0.15) is 5.56 Å². The van der Waals surface area contributed by atoms with Gasteiger partial charge in [0.1, 0.15) is 0 Å². The van der Waals surface area contributed by atoms with Crippen LogP contribution in [0.25, 0.3) is 16.5 Å². The number of aliphatic imine (C=N–C) groups is 1. The van der Waals surface area contributed by atoms with Gasteiger partial charge in [-0.2, -0.15) is 0 Å². The summed E-state index contributed by atoms with van der Waals surface area (Å²) in [7, 11) is 0. The Morgan fingerprint density at radius 2 is 1.88 bits per heavy atom. The molecule has 2 heteroatoms. The Labute approximate surface area is 101 Å². The van der Waals surface area contributed by atoms with Crippen LogP contribution in [0.3, 0.4) is 0 Å². The molecule has 2 aromatic carbocycles. The topological polar surface area (TPSA) is 24.4 Å². The van der Waals surface area contributed by atoms with E-state index in [0.29, 0.717) is 0 Å². The van der Waals surface area contributed by atoms with Gasteiger partial charge in [0.15, 0.2) is 0 Å². The van der Waals surface area contributed by atoms with Gasteiger partial charge in [0, 0.05) is 24.0 Å². The predicted molar refractivity (Wildman–Crippen MR) is 73.3 cm³/mol. The minimum absolute atomic E-state index is 0.838. The van der Waals surface area contributed by atoms with E-state index in [-0.39, 0.29) is 0 Å². The van der Waals surface area contributed by atoms with Crippen LogP contribution >= 0.6 is 0 Å². The third-order valence-electron chi connectivity index (χ3n) is 2.98. The van der Waals surface area contributed by atoms with Gasteiger partial charge in [-0.3, -0.25) is 4.99 Å². The second kappa shape index (κ2) is 4.42. The number of hydrogen-bond acceptors (Lipinski definition) is 2. The average molecular weight is 222 g/mol. The molecular weight excluding hydrogens is 208 g/mol. The number of benzene rings is 2. The van der Waals surface area contributed by atoms with E-state index in [2.05, 4.69) is 58.8 Å².